The van der Waals surface area contributed by atoms with Crippen molar-refractivity contribution in [1.82, 2.24) is 5.32 Å². The first-order valence-corrected chi connectivity index (χ1v) is 7.44. The normalized spacial score (nSPS) is 11.9. The zero-order chi connectivity index (χ0) is 15.0. The first-order valence-electron chi connectivity index (χ1n) is 6.29. The monoisotopic (exact) mass is 297 g/mol. The van der Waals surface area contributed by atoms with Gasteiger partial charge < -0.3 is 15.5 Å². The molecular weight excluding hydrogens is 278 g/mol. The second-order valence-corrected chi connectivity index (χ2v) is 5.43. The molecule has 1 rings (SSSR count). The van der Waals surface area contributed by atoms with E-state index in [9.17, 15) is 9.59 Å². The molecule has 0 bridgehead atoms. The molecule has 0 aliphatic carbocycles. The number of amides is 1. The highest BCUT2D eigenvalue weighted by Crippen LogP contribution is 2.12. The van der Waals surface area contributed by atoms with Gasteiger partial charge in [0.25, 0.3) is 0 Å². The minimum atomic E-state index is -1.13. The van der Waals surface area contributed by atoms with Gasteiger partial charge in [-0.3, -0.25) is 4.79 Å². The van der Waals surface area contributed by atoms with E-state index in [0.717, 1.165) is 5.56 Å². The minimum absolute atomic E-state index is 0.0176. The SMILES string of the molecule is Cc1ccc(CSCC(=O)NC(CCO)C(=O)O)cc1. The molecule has 3 N–H and O–H groups in total. The highest BCUT2D eigenvalue weighted by Gasteiger charge is 2.18. The number of carboxylic acid groups (broad SMARTS) is 1. The largest absolute Gasteiger partial charge is 0.480 e. The summed E-state index contributed by atoms with van der Waals surface area (Å²) in [5.74, 6) is -0.562. The number of thioether (sulfide) groups is 1. The summed E-state index contributed by atoms with van der Waals surface area (Å²) in [4.78, 5) is 22.4. The minimum Gasteiger partial charge on any atom is -0.480 e. The van der Waals surface area contributed by atoms with Crippen molar-refractivity contribution in [3.05, 3.63) is 35.4 Å². The van der Waals surface area contributed by atoms with Crippen LogP contribution in [0.25, 0.3) is 0 Å². The third kappa shape index (κ3) is 6.08. The van der Waals surface area contributed by atoms with E-state index < -0.39 is 12.0 Å². The summed E-state index contributed by atoms with van der Waals surface area (Å²) in [7, 11) is 0. The Morgan fingerprint density at radius 2 is 1.95 bits per heavy atom. The molecule has 0 saturated heterocycles. The average molecular weight is 297 g/mol. The highest BCUT2D eigenvalue weighted by atomic mass is 32.2. The first kappa shape index (κ1) is 16.5. The number of aliphatic hydroxyl groups is 1. The van der Waals surface area contributed by atoms with Crippen LogP contribution < -0.4 is 5.32 Å². The van der Waals surface area contributed by atoms with Crippen LogP contribution in [0.5, 0.6) is 0 Å². The van der Waals surface area contributed by atoms with Crippen molar-refractivity contribution in [2.24, 2.45) is 0 Å². The molecule has 0 saturated carbocycles. The third-order valence-corrected chi connectivity index (χ3v) is 3.68. The number of aliphatic carboxylic acids is 1. The Labute approximate surface area is 122 Å². The Bertz CT molecular complexity index is 447. The van der Waals surface area contributed by atoms with Gasteiger partial charge >= 0.3 is 5.97 Å². The van der Waals surface area contributed by atoms with Crippen LogP contribution in [0.4, 0.5) is 0 Å². The van der Waals surface area contributed by atoms with Gasteiger partial charge in [0.1, 0.15) is 6.04 Å². The Kier molecular flexibility index (Phi) is 7.11. The van der Waals surface area contributed by atoms with Gasteiger partial charge in [0.15, 0.2) is 0 Å². The topological polar surface area (TPSA) is 86.6 Å². The van der Waals surface area contributed by atoms with E-state index in [1.165, 1.54) is 17.3 Å². The smallest absolute Gasteiger partial charge is 0.326 e. The van der Waals surface area contributed by atoms with Gasteiger partial charge in [-0.25, -0.2) is 4.79 Å². The van der Waals surface area contributed by atoms with Gasteiger partial charge in [-0.05, 0) is 12.5 Å². The molecule has 1 amide bonds. The van der Waals surface area contributed by atoms with E-state index in [0.29, 0.717) is 5.75 Å². The maximum Gasteiger partial charge on any atom is 0.326 e. The lowest BCUT2D eigenvalue weighted by Gasteiger charge is -2.12. The molecular formula is C14H19NO4S. The first-order chi connectivity index (χ1) is 9.52. The van der Waals surface area contributed by atoms with Gasteiger partial charge in [0, 0.05) is 18.8 Å². The summed E-state index contributed by atoms with van der Waals surface area (Å²) in [6, 6.07) is 7.01. The standard InChI is InChI=1S/C14H19NO4S/c1-10-2-4-11(5-3-10)8-20-9-13(17)15-12(6-7-16)14(18)19/h2-5,12,16H,6-9H2,1H3,(H,15,17)(H,18,19). The number of nitrogens with one attached hydrogen (secondary N) is 1. The van der Waals surface area contributed by atoms with Crippen molar-refractivity contribution in [2.75, 3.05) is 12.4 Å². The van der Waals surface area contributed by atoms with Gasteiger partial charge in [-0.2, -0.15) is 0 Å². The van der Waals surface area contributed by atoms with Crippen LogP contribution in [0.1, 0.15) is 17.5 Å². The lowest BCUT2D eigenvalue weighted by molar-refractivity contribution is -0.141. The van der Waals surface area contributed by atoms with E-state index in [2.05, 4.69) is 5.32 Å². The summed E-state index contributed by atoms with van der Waals surface area (Å²) in [5, 5.41) is 20.0. The summed E-state index contributed by atoms with van der Waals surface area (Å²) in [6.45, 7) is 1.74. The number of benzene rings is 1. The van der Waals surface area contributed by atoms with Gasteiger partial charge in [-0.15, -0.1) is 11.8 Å². The number of rotatable bonds is 8. The second-order valence-electron chi connectivity index (χ2n) is 4.45. The molecule has 0 aliphatic heterocycles. The maximum absolute atomic E-state index is 11.6. The maximum atomic E-state index is 11.6. The van der Waals surface area contributed by atoms with Crippen molar-refractivity contribution in [1.29, 1.82) is 0 Å². The molecule has 1 unspecified atom stereocenters. The molecule has 1 aromatic carbocycles. The quantitative estimate of drug-likeness (QED) is 0.671. The zero-order valence-electron chi connectivity index (χ0n) is 11.3. The predicted molar refractivity (Wildman–Crippen MR) is 78.6 cm³/mol. The molecule has 0 radical (unpaired) electrons. The van der Waals surface area contributed by atoms with Crippen LogP contribution in [-0.4, -0.2) is 40.5 Å². The summed E-state index contributed by atoms with van der Waals surface area (Å²) in [5.41, 5.74) is 2.31. The Balaban J connectivity index is 2.32. The van der Waals surface area contributed by atoms with Gasteiger partial charge in [0.05, 0.1) is 5.75 Å². The van der Waals surface area contributed by atoms with Crippen LogP contribution >= 0.6 is 11.8 Å². The van der Waals surface area contributed by atoms with Crippen LogP contribution in [0.2, 0.25) is 0 Å². The van der Waals surface area contributed by atoms with E-state index in [4.69, 9.17) is 10.2 Å². The second kappa shape index (κ2) is 8.60. The lowest BCUT2D eigenvalue weighted by Crippen LogP contribution is -2.42. The average Bonchev–Trinajstić information content (AvgIpc) is 2.40. The summed E-state index contributed by atoms with van der Waals surface area (Å²) in [6.07, 6.45) is 0.0176. The van der Waals surface area contributed by atoms with Crippen molar-refractivity contribution in [2.45, 2.75) is 25.1 Å². The van der Waals surface area contributed by atoms with Crippen LogP contribution in [0.15, 0.2) is 24.3 Å². The number of carbonyl (C=O) groups is 2. The number of aliphatic hydroxyl groups excluding tert-OH is 1. The number of hydrogen-bond donors (Lipinski definition) is 3. The summed E-state index contributed by atoms with van der Waals surface area (Å²) < 4.78 is 0. The molecule has 110 valence electrons. The van der Waals surface area contributed by atoms with Gasteiger partial charge in [-0.1, -0.05) is 29.8 Å². The van der Waals surface area contributed by atoms with Crippen molar-refractivity contribution in [3.63, 3.8) is 0 Å². The van der Waals surface area contributed by atoms with Crippen molar-refractivity contribution >= 4 is 23.6 Å². The van der Waals surface area contributed by atoms with Crippen LogP contribution in [-0.2, 0) is 15.3 Å². The fraction of sp³-hybridized carbons (Fsp3) is 0.429. The van der Waals surface area contributed by atoms with Crippen molar-refractivity contribution < 1.29 is 19.8 Å². The molecule has 0 aromatic heterocycles. The molecule has 6 heteroatoms. The molecule has 0 heterocycles. The fourth-order valence-corrected chi connectivity index (χ4v) is 2.37. The Morgan fingerprint density at radius 1 is 1.30 bits per heavy atom. The molecule has 1 aromatic rings. The van der Waals surface area contributed by atoms with E-state index in [1.54, 1.807) is 0 Å². The van der Waals surface area contributed by atoms with E-state index in [1.807, 2.05) is 31.2 Å². The number of carboxylic acids is 1. The number of hydrogen-bond acceptors (Lipinski definition) is 4. The molecule has 5 nitrogen and oxygen atoms in total. The molecule has 0 aliphatic rings. The third-order valence-electron chi connectivity index (χ3n) is 2.67. The van der Waals surface area contributed by atoms with E-state index >= 15 is 0 Å². The number of aryl methyl sites for hydroxylation is 1. The highest BCUT2D eigenvalue weighted by molar-refractivity contribution is 7.99. The molecule has 20 heavy (non-hydrogen) atoms. The van der Waals surface area contributed by atoms with Crippen LogP contribution in [0, 0.1) is 6.92 Å². The predicted octanol–water partition coefficient (Wildman–Crippen LogP) is 1.18. The number of carbonyl (C=O) groups excluding carboxylic acids is 1. The molecule has 0 fully saturated rings. The van der Waals surface area contributed by atoms with Crippen LogP contribution in [0.3, 0.4) is 0 Å². The Morgan fingerprint density at radius 3 is 2.50 bits per heavy atom. The molecule has 0 spiro atoms. The lowest BCUT2D eigenvalue weighted by atomic mass is 10.2. The van der Waals surface area contributed by atoms with Crippen molar-refractivity contribution in [3.8, 4) is 0 Å². The molecule has 1 atom stereocenters. The Hall–Kier alpha value is -1.53. The summed E-state index contributed by atoms with van der Waals surface area (Å²) >= 11 is 1.42. The van der Waals surface area contributed by atoms with E-state index in [-0.39, 0.29) is 24.7 Å². The van der Waals surface area contributed by atoms with Gasteiger partial charge in [0.2, 0.25) is 5.91 Å². The fourth-order valence-electron chi connectivity index (χ4n) is 1.57. The zero-order valence-corrected chi connectivity index (χ0v) is 12.2.